The smallest absolute Gasteiger partial charge is 0.279 e. The van der Waals surface area contributed by atoms with Gasteiger partial charge in [-0.3, -0.25) is 10.1 Å². The molecular weight excluding hydrogens is 266 g/mol. The third-order valence-corrected chi connectivity index (χ3v) is 3.34. The van der Waals surface area contributed by atoms with E-state index in [-0.39, 0.29) is 10.6 Å². The summed E-state index contributed by atoms with van der Waals surface area (Å²) in [5.74, 6) is 0. The Morgan fingerprint density at radius 2 is 1.90 bits per heavy atom. The molecule has 1 aromatic heterocycles. The number of aromatic nitrogens is 1. The molecular formula is C16H13N3O2. The minimum absolute atomic E-state index is 0.0669. The zero-order valence-electron chi connectivity index (χ0n) is 11.4. The topological polar surface area (TPSA) is 82.0 Å². The zero-order chi connectivity index (χ0) is 15.0. The molecule has 104 valence electrons. The maximum absolute atomic E-state index is 11.2. The number of fused-ring (bicyclic) bond motifs is 1. The number of benzene rings is 2. The summed E-state index contributed by atoms with van der Waals surface area (Å²) in [6, 6.07) is 14.2. The first-order valence-electron chi connectivity index (χ1n) is 6.46. The third-order valence-electron chi connectivity index (χ3n) is 3.34. The summed E-state index contributed by atoms with van der Waals surface area (Å²) in [5.41, 5.74) is 9.18. The summed E-state index contributed by atoms with van der Waals surface area (Å²) < 4.78 is 0. The molecule has 5 nitrogen and oxygen atoms in total. The van der Waals surface area contributed by atoms with Gasteiger partial charge in [0, 0.05) is 17.1 Å². The lowest BCUT2D eigenvalue weighted by atomic mass is 10.1. The SMILES string of the molecule is Cc1ccc(-c2ccc3cc(N)ccc3n2)c([N+](=O)[O-])c1. The highest BCUT2D eigenvalue weighted by molar-refractivity contribution is 5.85. The molecule has 3 aromatic rings. The molecule has 2 aromatic carbocycles. The molecule has 21 heavy (non-hydrogen) atoms. The molecule has 0 saturated carbocycles. The van der Waals surface area contributed by atoms with Gasteiger partial charge in [-0.05, 0) is 42.8 Å². The molecule has 0 spiro atoms. The van der Waals surface area contributed by atoms with E-state index in [9.17, 15) is 10.1 Å². The van der Waals surface area contributed by atoms with Crippen LogP contribution in [0.2, 0.25) is 0 Å². The number of anilines is 1. The van der Waals surface area contributed by atoms with E-state index in [1.54, 1.807) is 24.3 Å². The third kappa shape index (κ3) is 2.41. The lowest BCUT2D eigenvalue weighted by molar-refractivity contribution is -0.384. The normalized spacial score (nSPS) is 10.7. The molecule has 0 aliphatic rings. The average molecular weight is 279 g/mol. The van der Waals surface area contributed by atoms with Gasteiger partial charge < -0.3 is 5.73 Å². The van der Waals surface area contributed by atoms with Crippen LogP contribution < -0.4 is 5.73 Å². The summed E-state index contributed by atoms with van der Waals surface area (Å²) in [6.07, 6.45) is 0. The fourth-order valence-corrected chi connectivity index (χ4v) is 2.30. The monoisotopic (exact) mass is 279 g/mol. The molecule has 1 heterocycles. The number of nitro groups is 1. The average Bonchev–Trinajstić information content (AvgIpc) is 2.46. The first-order chi connectivity index (χ1) is 10.0. The number of rotatable bonds is 2. The summed E-state index contributed by atoms with van der Waals surface area (Å²) in [4.78, 5) is 15.3. The molecule has 0 bridgehead atoms. The van der Waals surface area contributed by atoms with Crippen LogP contribution in [0.3, 0.4) is 0 Å². The molecule has 3 rings (SSSR count). The van der Waals surface area contributed by atoms with Crippen molar-refractivity contribution in [1.29, 1.82) is 0 Å². The van der Waals surface area contributed by atoms with Crippen molar-refractivity contribution < 1.29 is 4.92 Å². The number of pyridine rings is 1. The fourth-order valence-electron chi connectivity index (χ4n) is 2.30. The molecule has 0 unspecified atom stereocenters. The second-order valence-corrected chi connectivity index (χ2v) is 4.93. The Balaban J connectivity index is 2.21. The molecule has 5 heteroatoms. The van der Waals surface area contributed by atoms with Crippen molar-refractivity contribution in [1.82, 2.24) is 4.98 Å². The van der Waals surface area contributed by atoms with Crippen molar-refractivity contribution in [2.24, 2.45) is 0 Å². The first kappa shape index (κ1) is 13.1. The Kier molecular flexibility index (Phi) is 3.02. The van der Waals surface area contributed by atoms with Crippen LogP contribution in [0.5, 0.6) is 0 Å². The second kappa shape index (κ2) is 4.86. The van der Waals surface area contributed by atoms with Gasteiger partial charge in [0.2, 0.25) is 0 Å². The predicted molar refractivity (Wildman–Crippen MR) is 83.0 cm³/mol. The van der Waals surface area contributed by atoms with E-state index in [4.69, 9.17) is 5.73 Å². The second-order valence-electron chi connectivity index (χ2n) is 4.93. The highest BCUT2D eigenvalue weighted by Gasteiger charge is 2.16. The highest BCUT2D eigenvalue weighted by Crippen LogP contribution is 2.30. The summed E-state index contributed by atoms with van der Waals surface area (Å²) in [7, 11) is 0. The van der Waals surface area contributed by atoms with E-state index < -0.39 is 0 Å². The number of nitro benzene ring substituents is 1. The molecule has 0 radical (unpaired) electrons. The van der Waals surface area contributed by atoms with Gasteiger partial charge in [-0.25, -0.2) is 4.98 Å². The van der Waals surface area contributed by atoms with Crippen LogP contribution in [-0.2, 0) is 0 Å². The van der Waals surface area contributed by atoms with E-state index in [1.807, 2.05) is 31.2 Å². The van der Waals surface area contributed by atoms with Crippen molar-refractivity contribution in [3.05, 3.63) is 64.2 Å². The predicted octanol–water partition coefficient (Wildman–Crippen LogP) is 3.70. The number of nitrogen functional groups attached to an aromatic ring is 1. The molecule has 0 fully saturated rings. The number of nitrogens with zero attached hydrogens (tertiary/aromatic N) is 2. The van der Waals surface area contributed by atoms with Crippen LogP contribution >= 0.6 is 0 Å². The quantitative estimate of drug-likeness (QED) is 0.440. The van der Waals surface area contributed by atoms with Crippen LogP contribution in [0, 0.1) is 17.0 Å². The van der Waals surface area contributed by atoms with Gasteiger partial charge >= 0.3 is 0 Å². The van der Waals surface area contributed by atoms with Crippen molar-refractivity contribution in [3.63, 3.8) is 0 Å². The Bertz CT molecular complexity index is 859. The Hall–Kier alpha value is -2.95. The van der Waals surface area contributed by atoms with Gasteiger partial charge in [-0.2, -0.15) is 0 Å². The molecule has 0 aliphatic heterocycles. The van der Waals surface area contributed by atoms with Gasteiger partial charge in [0.05, 0.1) is 21.7 Å². The summed E-state index contributed by atoms with van der Waals surface area (Å²) in [5, 5.41) is 12.1. The minimum atomic E-state index is -0.378. The Morgan fingerprint density at radius 3 is 2.67 bits per heavy atom. The molecule has 0 saturated heterocycles. The van der Waals surface area contributed by atoms with Crippen LogP contribution in [-0.4, -0.2) is 9.91 Å². The Labute approximate surface area is 121 Å². The zero-order valence-corrected chi connectivity index (χ0v) is 11.4. The summed E-state index contributed by atoms with van der Waals surface area (Å²) in [6.45, 7) is 1.83. The van der Waals surface area contributed by atoms with Crippen LogP contribution in [0.15, 0.2) is 48.5 Å². The van der Waals surface area contributed by atoms with E-state index in [1.165, 1.54) is 0 Å². The Morgan fingerprint density at radius 1 is 1.10 bits per heavy atom. The molecule has 0 atom stereocenters. The first-order valence-corrected chi connectivity index (χ1v) is 6.46. The number of aryl methyl sites for hydroxylation is 1. The van der Waals surface area contributed by atoms with Crippen LogP contribution in [0.1, 0.15) is 5.56 Å². The number of hydrogen-bond donors (Lipinski definition) is 1. The van der Waals surface area contributed by atoms with E-state index >= 15 is 0 Å². The molecule has 0 amide bonds. The highest BCUT2D eigenvalue weighted by atomic mass is 16.6. The number of hydrogen-bond acceptors (Lipinski definition) is 4. The van der Waals surface area contributed by atoms with Crippen molar-refractivity contribution in [3.8, 4) is 11.3 Å². The van der Waals surface area contributed by atoms with Crippen molar-refractivity contribution in [2.75, 3.05) is 5.73 Å². The maximum Gasteiger partial charge on any atom is 0.279 e. The standard InChI is InChI=1S/C16H13N3O2/c1-10-2-5-13(16(8-10)19(20)21)15-6-3-11-9-12(17)4-7-14(11)18-15/h2-9H,17H2,1H3. The summed E-state index contributed by atoms with van der Waals surface area (Å²) >= 11 is 0. The lowest BCUT2D eigenvalue weighted by Gasteiger charge is -2.06. The van der Waals surface area contributed by atoms with Crippen LogP contribution in [0.4, 0.5) is 11.4 Å². The maximum atomic E-state index is 11.2. The van der Waals surface area contributed by atoms with Gasteiger partial charge in [0.1, 0.15) is 0 Å². The van der Waals surface area contributed by atoms with E-state index in [2.05, 4.69) is 4.98 Å². The lowest BCUT2D eigenvalue weighted by Crippen LogP contribution is -1.95. The van der Waals surface area contributed by atoms with Gasteiger partial charge in [0.25, 0.3) is 5.69 Å². The molecule has 2 N–H and O–H groups in total. The van der Waals surface area contributed by atoms with Crippen molar-refractivity contribution in [2.45, 2.75) is 6.92 Å². The van der Waals surface area contributed by atoms with E-state index in [0.717, 1.165) is 16.5 Å². The van der Waals surface area contributed by atoms with Gasteiger partial charge in [-0.1, -0.05) is 12.1 Å². The van der Waals surface area contributed by atoms with Crippen LogP contribution in [0.25, 0.3) is 22.2 Å². The molecule has 0 aliphatic carbocycles. The number of nitrogens with two attached hydrogens (primary N) is 1. The van der Waals surface area contributed by atoms with Crippen molar-refractivity contribution >= 4 is 22.3 Å². The largest absolute Gasteiger partial charge is 0.399 e. The fraction of sp³-hybridized carbons (Fsp3) is 0.0625. The van der Waals surface area contributed by atoms with E-state index in [0.29, 0.717) is 16.9 Å². The van der Waals surface area contributed by atoms with Gasteiger partial charge in [-0.15, -0.1) is 0 Å². The van der Waals surface area contributed by atoms with Gasteiger partial charge in [0.15, 0.2) is 0 Å². The minimum Gasteiger partial charge on any atom is -0.399 e.